The standard InChI is InChI=1S/C20H27N5O3S.HI/c1-2-22-20(23-15-16-6-5-7-17(14-16)29(21,27)28)25-12-10-24(11-13-25)18-8-3-4-9-19(18)26;/h3-9,14,26H,2,10-13,15H2,1H3,(H,22,23)(H2,21,27,28);1H. The number of anilines is 1. The van der Waals surface area contributed by atoms with E-state index in [0.29, 0.717) is 6.54 Å². The fourth-order valence-corrected chi connectivity index (χ4v) is 3.89. The number of aromatic hydroxyl groups is 1. The van der Waals surface area contributed by atoms with Crippen LogP contribution in [0, 0.1) is 0 Å². The highest BCUT2D eigenvalue weighted by molar-refractivity contribution is 14.0. The van der Waals surface area contributed by atoms with Crippen molar-refractivity contribution in [1.29, 1.82) is 0 Å². The third-order valence-electron chi connectivity index (χ3n) is 4.77. The van der Waals surface area contributed by atoms with Gasteiger partial charge in [0.15, 0.2) is 5.96 Å². The molecule has 164 valence electrons. The summed E-state index contributed by atoms with van der Waals surface area (Å²) in [5.41, 5.74) is 1.62. The summed E-state index contributed by atoms with van der Waals surface area (Å²) in [6.45, 7) is 6.15. The van der Waals surface area contributed by atoms with Crippen LogP contribution in [-0.2, 0) is 16.6 Å². The molecule has 0 saturated carbocycles. The number of para-hydroxylation sites is 2. The summed E-state index contributed by atoms with van der Waals surface area (Å²) >= 11 is 0. The summed E-state index contributed by atoms with van der Waals surface area (Å²) in [6, 6.07) is 13.9. The van der Waals surface area contributed by atoms with E-state index in [-0.39, 0.29) is 34.6 Å². The maximum atomic E-state index is 11.5. The Morgan fingerprint density at radius 1 is 1.13 bits per heavy atom. The van der Waals surface area contributed by atoms with Crippen molar-refractivity contribution in [1.82, 2.24) is 10.2 Å². The molecule has 30 heavy (non-hydrogen) atoms. The molecule has 0 spiro atoms. The van der Waals surface area contributed by atoms with E-state index in [9.17, 15) is 13.5 Å². The third-order valence-corrected chi connectivity index (χ3v) is 5.69. The molecule has 2 aromatic carbocycles. The smallest absolute Gasteiger partial charge is 0.238 e. The number of piperazine rings is 1. The van der Waals surface area contributed by atoms with Gasteiger partial charge in [-0.15, -0.1) is 24.0 Å². The number of guanidine groups is 1. The number of hydrogen-bond donors (Lipinski definition) is 3. The van der Waals surface area contributed by atoms with Gasteiger partial charge in [-0.3, -0.25) is 0 Å². The molecular weight excluding hydrogens is 517 g/mol. The van der Waals surface area contributed by atoms with Crippen molar-refractivity contribution in [2.24, 2.45) is 10.1 Å². The number of sulfonamides is 1. The highest BCUT2D eigenvalue weighted by atomic mass is 127. The van der Waals surface area contributed by atoms with Crippen molar-refractivity contribution in [3.63, 3.8) is 0 Å². The van der Waals surface area contributed by atoms with Gasteiger partial charge >= 0.3 is 0 Å². The lowest BCUT2D eigenvalue weighted by atomic mass is 10.2. The molecule has 0 amide bonds. The largest absolute Gasteiger partial charge is 0.506 e. The Morgan fingerprint density at radius 2 is 1.83 bits per heavy atom. The lowest BCUT2D eigenvalue weighted by Gasteiger charge is -2.37. The van der Waals surface area contributed by atoms with E-state index < -0.39 is 10.0 Å². The Labute approximate surface area is 194 Å². The Hall–Kier alpha value is -2.05. The highest BCUT2D eigenvalue weighted by Gasteiger charge is 2.21. The minimum absolute atomic E-state index is 0. The number of hydrogen-bond acceptors (Lipinski definition) is 5. The van der Waals surface area contributed by atoms with Gasteiger partial charge in [-0.1, -0.05) is 24.3 Å². The first kappa shape index (κ1) is 24.2. The molecule has 1 heterocycles. The van der Waals surface area contributed by atoms with Crippen molar-refractivity contribution in [3.8, 4) is 5.75 Å². The Balaban J connectivity index is 0.00000320. The Morgan fingerprint density at radius 3 is 2.47 bits per heavy atom. The van der Waals surface area contributed by atoms with Gasteiger partial charge in [-0.25, -0.2) is 18.5 Å². The first-order valence-corrected chi connectivity index (χ1v) is 11.1. The zero-order chi connectivity index (χ0) is 20.9. The van der Waals surface area contributed by atoms with E-state index in [0.717, 1.165) is 49.9 Å². The normalized spacial score (nSPS) is 14.9. The van der Waals surface area contributed by atoms with Crippen molar-refractivity contribution < 1.29 is 13.5 Å². The number of benzene rings is 2. The van der Waals surface area contributed by atoms with Gasteiger partial charge in [0.2, 0.25) is 10.0 Å². The van der Waals surface area contributed by atoms with Crippen LogP contribution in [0.1, 0.15) is 12.5 Å². The van der Waals surface area contributed by atoms with Crippen LogP contribution in [0.15, 0.2) is 58.4 Å². The van der Waals surface area contributed by atoms with Crippen LogP contribution in [0.25, 0.3) is 0 Å². The molecule has 1 fully saturated rings. The van der Waals surface area contributed by atoms with Gasteiger partial charge in [-0.2, -0.15) is 0 Å². The topological polar surface area (TPSA) is 111 Å². The fourth-order valence-electron chi connectivity index (χ4n) is 3.30. The van der Waals surface area contributed by atoms with Gasteiger partial charge in [-0.05, 0) is 36.8 Å². The maximum Gasteiger partial charge on any atom is 0.238 e. The summed E-state index contributed by atoms with van der Waals surface area (Å²) in [6.07, 6.45) is 0. The van der Waals surface area contributed by atoms with Crippen LogP contribution >= 0.6 is 24.0 Å². The summed E-state index contributed by atoms with van der Waals surface area (Å²) in [5, 5.41) is 18.6. The average molecular weight is 545 g/mol. The SMILES string of the molecule is CCNC(=NCc1cccc(S(N)(=O)=O)c1)N1CCN(c2ccccc2O)CC1.I. The molecule has 1 aliphatic rings. The second-order valence-electron chi connectivity index (χ2n) is 6.83. The zero-order valence-corrected chi connectivity index (χ0v) is 20.0. The third kappa shape index (κ3) is 6.22. The summed E-state index contributed by atoms with van der Waals surface area (Å²) < 4.78 is 23.1. The van der Waals surface area contributed by atoms with Gasteiger partial charge in [0.05, 0.1) is 17.1 Å². The molecule has 8 nitrogen and oxygen atoms in total. The second kappa shape index (κ2) is 10.8. The lowest BCUT2D eigenvalue weighted by Crippen LogP contribution is -2.52. The molecule has 1 aliphatic heterocycles. The number of primary sulfonamides is 1. The van der Waals surface area contributed by atoms with Crippen LogP contribution in [0.5, 0.6) is 5.75 Å². The molecule has 0 aromatic heterocycles. The molecule has 2 aromatic rings. The predicted octanol–water partition coefficient (Wildman–Crippen LogP) is 1.95. The van der Waals surface area contributed by atoms with Gasteiger partial charge in [0.25, 0.3) is 0 Å². The van der Waals surface area contributed by atoms with E-state index in [1.165, 1.54) is 6.07 Å². The number of halogens is 1. The second-order valence-corrected chi connectivity index (χ2v) is 8.39. The number of phenols is 1. The van der Waals surface area contributed by atoms with Crippen LogP contribution in [0.4, 0.5) is 5.69 Å². The number of nitrogens with two attached hydrogens (primary N) is 1. The van der Waals surface area contributed by atoms with Crippen molar-refractivity contribution >= 4 is 45.6 Å². The molecule has 0 bridgehead atoms. The van der Waals surface area contributed by atoms with Crippen molar-refractivity contribution in [3.05, 3.63) is 54.1 Å². The van der Waals surface area contributed by atoms with Crippen molar-refractivity contribution in [2.45, 2.75) is 18.4 Å². The van der Waals surface area contributed by atoms with Crippen molar-refractivity contribution in [2.75, 3.05) is 37.6 Å². The molecule has 4 N–H and O–H groups in total. The Bertz CT molecular complexity index is 976. The van der Waals surface area contributed by atoms with Crippen LogP contribution in [0.3, 0.4) is 0 Å². The number of nitrogens with one attached hydrogen (secondary N) is 1. The highest BCUT2D eigenvalue weighted by Crippen LogP contribution is 2.27. The monoisotopic (exact) mass is 545 g/mol. The molecule has 0 aliphatic carbocycles. The van der Waals surface area contributed by atoms with Gasteiger partial charge in [0, 0.05) is 32.7 Å². The van der Waals surface area contributed by atoms with E-state index in [4.69, 9.17) is 5.14 Å². The van der Waals surface area contributed by atoms with E-state index in [1.807, 2.05) is 31.2 Å². The quantitative estimate of drug-likeness (QED) is 0.301. The molecule has 0 unspecified atom stereocenters. The average Bonchev–Trinajstić information content (AvgIpc) is 2.71. The summed E-state index contributed by atoms with van der Waals surface area (Å²) in [5.74, 6) is 1.07. The lowest BCUT2D eigenvalue weighted by molar-refractivity contribution is 0.369. The predicted molar refractivity (Wildman–Crippen MR) is 130 cm³/mol. The first-order valence-electron chi connectivity index (χ1n) is 9.56. The summed E-state index contributed by atoms with van der Waals surface area (Å²) in [4.78, 5) is 9.09. The molecular formula is C20H28IN5O3S. The number of rotatable bonds is 5. The maximum absolute atomic E-state index is 11.5. The van der Waals surface area contributed by atoms with Crippen LogP contribution < -0.4 is 15.4 Å². The first-order chi connectivity index (χ1) is 13.9. The van der Waals surface area contributed by atoms with E-state index in [2.05, 4.69) is 20.1 Å². The fraction of sp³-hybridized carbons (Fsp3) is 0.350. The zero-order valence-electron chi connectivity index (χ0n) is 16.9. The molecule has 3 rings (SSSR count). The minimum Gasteiger partial charge on any atom is -0.506 e. The van der Waals surface area contributed by atoms with Gasteiger partial charge < -0.3 is 20.2 Å². The number of phenolic OH excluding ortho intramolecular Hbond substituents is 1. The number of nitrogens with zero attached hydrogens (tertiary/aromatic N) is 3. The van der Waals surface area contributed by atoms with Crippen LogP contribution in [0.2, 0.25) is 0 Å². The number of aliphatic imine (C=N–C) groups is 1. The van der Waals surface area contributed by atoms with Crippen LogP contribution in [-0.4, -0.2) is 57.1 Å². The molecule has 1 saturated heterocycles. The molecule has 0 radical (unpaired) electrons. The molecule has 10 heteroatoms. The Kier molecular flexibility index (Phi) is 8.74. The van der Waals surface area contributed by atoms with E-state index in [1.54, 1.807) is 18.2 Å². The minimum atomic E-state index is -3.73. The van der Waals surface area contributed by atoms with Gasteiger partial charge in [0.1, 0.15) is 5.75 Å². The summed E-state index contributed by atoms with van der Waals surface area (Å²) in [7, 11) is -3.73. The van der Waals surface area contributed by atoms with E-state index >= 15 is 0 Å². The molecule has 0 atom stereocenters.